The van der Waals surface area contributed by atoms with Crippen molar-refractivity contribution in [2.45, 2.75) is 44.9 Å². The molecule has 2 aromatic heterocycles. The van der Waals surface area contributed by atoms with Crippen molar-refractivity contribution in [2.24, 2.45) is 7.05 Å². The van der Waals surface area contributed by atoms with Gasteiger partial charge in [-0.2, -0.15) is 0 Å². The van der Waals surface area contributed by atoms with Crippen molar-refractivity contribution in [1.82, 2.24) is 24.2 Å². The van der Waals surface area contributed by atoms with Crippen LogP contribution in [0.1, 0.15) is 38.1 Å². The third kappa shape index (κ3) is 4.91. The molecule has 1 fully saturated rings. The zero-order valence-corrected chi connectivity index (χ0v) is 22.7. The second-order valence-corrected chi connectivity index (χ2v) is 10.8. The Labute approximate surface area is 225 Å². The second-order valence-electron chi connectivity index (χ2n) is 10.4. The second kappa shape index (κ2) is 9.89. The number of nitrogens with zero attached hydrogens (tertiary/aromatic N) is 5. The molecule has 1 saturated heterocycles. The molecule has 3 heterocycles. The van der Waals surface area contributed by atoms with Crippen molar-refractivity contribution < 1.29 is 9.90 Å². The molecule has 2 aromatic carbocycles. The van der Waals surface area contributed by atoms with Crippen molar-refractivity contribution in [3.63, 3.8) is 0 Å². The molecule has 1 unspecified atom stereocenters. The van der Waals surface area contributed by atoms with E-state index >= 15 is 0 Å². The molecule has 0 saturated carbocycles. The summed E-state index contributed by atoms with van der Waals surface area (Å²) in [5.74, 6) is 0.419. The summed E-state index contributed by atoms with van der Waals surface area (Å²) in [7, 11) is 3.55. The standard InChI is InChI=1S/C28H31ClN6O3/c1-28(2,38)27-30-14-19(15-31-27)17-7-9-21-24(13-17)35(34(4)25(21)36)16-18-12-20(8-10-22(18)29)32-23-6-5-11-33(3)26(23)37/h7-10,12-15,23,32,38H,5-6,11,16H2,1-4H3. The number of aromatic nitrogens is 4. The Hall–Kier alpha value is -3.69. The molecule has 0 spiro atoms. The quantitative estimate of drug-likeness (QED) is 0.390. The molecule has 4 aromatic rings. The predicted molar refractivity (Wildman–Crippen MR) is 148 cm³/mol. The van der Waals surface area contributed by atoms with Gasteiger partial charge >= 0.3 is 0 Å². The zero-order chi connectivity index (χ0) is 27.2. The van der Waals surface area contributed by atoms with Crippen LogP contribution in [0.25, 0.3) is 22.0 Å². The molecule has 38 heavy (non-hydrogen) atoms. The van der Waals surface area contributed by atoms with Gasteiger partial charge in [0.05, 0.1) is 17.4 Å². The molecular weight excluding hydrogens is 504 g/mol. The highest BCUT2D eigenvalue weighted by atomic mass is 35.5. The topological polar surface area (TPSA) is 105 Å². The number of carbonyl (C=O) groups is 1. The first-order valence-electron chi connectivity index (χ1n) is 12.6. The lowest BCUT2D eigenvalue weighted by atomic mass is 10.0. The van der Waals surface area contributed by atoms with Crippen molar-refractivity contribution in [3.8, 4) is 11.1 Å². The minimum atomic E-state index is -1.13. The largest absolute Gasteiger partial charge is 0.382 e. The zero-order valence-electron chi connectivity index (χ0n) is 21.9. The normalized spacial score (nSPS) is 16.3. The van der Waals surface area contributed by atoms with Gasteiger partial charge in [-0.3, -0.25) is 19.0 Å². The Morgan fingerprint density at radius 3 is 2.53 bits per heavy atom. The van der Waals surface area contributed by atoms with Crippen molar-refractivity contribution >= 4 is 34.1 Å². The van der Waals surface area contributed by atoms with Crippen LogP contribution in [0.15, 0.2) is 53.6 Å². The van der Waals surface area contributed by atoms with Gasteiger partial charge in [0.25, 0.3) is 5.56 Å². The van der Waals surface area contributed by atoms with Crippen LogP contribution in [0, 0.1) is 0 Å². The molecule has 5 rings (SSSR count). The summed E-state index contributed by atoms with van der Waals surface area (Å²) in [5, 5.41) is 14.7. The smallest absolute Gasteiger partial charge is 0.274 e. The molecule has 198 valence electrons. The van der Waals surface area contributed by atoms with Gasteiger partial charge in [0.15, 0.2) is 5.82 Å². The van der Waals surface area contributed by atoms with Crippen LogP contribution in [0.2, 0.25) is 5.02 Å². The van der Waals surface area contributed by atoms with E-state index < -0.39 is 5.60 Å². The minimum absolute atomic E-state index is 0.0821. The van der Waals surface area contributed by atoms with Crippen molar-refractivity contribution in [1.29, 1.82) is 0 Å². The number of hydrogen-bond acceptors (Lipinski definition) is 6. The van der Waals surface area contributed by atoms with Gasteiger partial charge in [0, 0.05) is 49.3 Å². The molecule has 10 heteroatoms. The Morgan fingerprint density at radius 1 is 1.08 bits per heavy atom. The monoisotopic (exact) mass is 534 g/mol. The van der Waals surface area contributed by atoms with Crippen LogP contribution in [-0.2, 0) is 24.0 Å². The van der Waals surface area contributed by atoms with E-state index in [1.807, 2.05) is 42.1 Å². The van der Waals surface area contributed by atoms with Crippen LogP contribution < -0.4 is 10.9 Å². The third-order valence-electron chi connectivity index (χ3n) is 7.06. The average Bonchev–Trinajstić information content (AvgIpc) is 3.12. The number of halogens is 1. The summed E-state index contributed by atoms with van der Waals surface area (Å²) in [6, 6.07) is 11.0. The maximum Gasteiger partial charge on any atom is 0.274 e. The first-order chi connectivity index (χ1) is 18.0. The number of hydrogen-bond donors (Lipinski definition) is 2. The number of amides is 1. The number of anilines is 1. The fraction of sp³-hybridized carbons (Fsp3) is 0.357. The van der Waals surface area contributed by atoms with E-state index in [4.69, 9.17) is 11.6 Å². The lowest BCUT2D eigenvalue weighted by Gasteiger charge is -2.30. The Balaban J connectivity index is 1.48. The number of likely N-dealkylation sites (tertiary alicyclic amines) is 1. The average molecular weight is 535 g/mol. The number of nitrogens with one attached hydrogen (secondary N) is 1. The van der Waals surface area contributed by atoms with Gasteiger partial charge in [0.1, 0.15) is 11.6 Å². The number of piperidine rings is 1. The van der Waals surface area contributed by atoms with E-state index in [0.29, 0.717) is 22.8 Å². The first-order valence-corrected chi connectivity index (χ1v) is 13.0. The molecule has 1 aliphatic rings. The van der Waals surface area contributed by atoms with E-state index in [1.165, 1.54) is 0 Å². The van der Waals surface area contributed by atoms with Gasteiger partial charge < -0.3 is 15.3 Å². The summed E-state index contributed by atoms with van der Waals surface area (Å²) in [6.07, 6.45) is 5.07. The fourth-order valence-electron chi connectivity index (χ4n) is 4.85. The van der Waals surface area contributed by atoms with Crippen molar-refractivity contribution in [2.75, 3.05) is 18.9 Å². The van der Waals surface area contributed by atoms with Crippen LogP contribution in [0.4, 0.5) is 5.69 Å². The third-order valence-corrected chi connectivity index (χ3v) is 7.43. The van der Waals surface area contributed by atoms with Gasteiger partial charge in [0.2, 0.25) is 5.91 Å². The maximum atomic E-state index is 13.0. The van der Waals surface area contributed by atoms with Crippen molar-refractivity contribution in [3.05, 3.63) is 75.6 Å². The summed E-state index contributed by atoms with van der Waals surface area (Å²) in [4.78, 5) is 36.0. The molecule has 1 atom stereocenters. The minimum Gasteiger partial charge on any atom is -0.382 e. The number of rotatable bonds is 6. The van der Waals surface area contributed by atoms with Gasteiger partial charge in [-0.05, 0) is 68.1 Å². The molecule has 1 aliphatic heterocycles. The maximum absolute atomic E-state index is 13.0. The van der Waals surface area contributed by atoms with Gasteiger partial charge in [-0.25, -0.2) is 9.97 Å². The van der Waals surface area contributed by atoms with E-state index in [2.05, 4.69) is 15.3 Å². The number of benzene rings is 2. The Morgan fingerprint density at radius 2 is 1.82 bits per heavy atom. The molecule has 0 radical (unpaired) electrons. The number of fused-ring (bicyclic) bond motifs is 1. The first kappa shape index (κ1) is 25.9. The molecule has 9 nitrogen and oxygen atoms in total. The summed E-state index contributed by atoms with van der Waals surface area (Å²) in [6.45, 7) is 4.41. The highest BCUT2D eigenvalue weighted by molar-refractivity contribution is 6.31. The van der Waals surface area contributed by atoms with Crippen LogP contribution in [-0.4, -0.2) is 54.9 Å². The predicted octanol–water partition coefficient (Wildman–Crippen LogP) is 3.76. The lowest BCUT2D eigenvalue weighted by Crippen LogP contribution is -2.45. The summed E-state index contributed by atoms with van der Waals surface area (Å²) < 4.78 is 3.47. The number of aliphatic hydroxyl groups is 1. The molecule has 2 N–H and O–H groups in total. The molecular formula is C28H31ClN6O3. The Bertz CT molecular complexity index is 1570. The van der Waals surface area contributed by atoms with Gasteiger partial charge in [-0.15, -0.1) is 0 Å². The van der Waals surface area contributed by atoms with E-state index in [9.17, 15) is 14.7 Å². The fourth-order valence-corrected chi connectivity index (χ4v) is 5.03. The van der Waals surface area contributed by atoms with Gasteiger partial charge in [-0.1, -0.05) is 17.7 Å². The molecule has 1 amide bonds. The van der Waals surface area contributed by atoms with E-state index in [-0.39, 0.29) is 17.5 Å². The van der Waals surface area contributed by atoms with Crippen LogP contribution >= 0.6 is 11.6 Å². The lowest BCUT2D eigenvalue weighted by molar-refractivity contribution is -0.132. The summed E-state index contributed by atoms with van der Waals surface area (Å²) >= 11 is 6.59. The van der Waals surface area contributed by atoms with Crippen LogP contribution in [0.5, 0.6) is 0 Å². The van der Waals surface area contributed by atoms with E-state index in [0.717, 1.165) is 47.3 Å². The Kier molecular flexibility index (Phi) is 6.75. The number of likely N-dealkylation sites (N-methyl/N-ethyl adjacent to an activating group) is 1. The summed E-state index contributed by atoms with van der Waals surface area (Å²) in [5.41, 5.74) is 2.76. The SMILES string of the molecule is CN1CCCC(Nc2ccc(Cl)c(Cn3c4cc(-c5cnc(C(C)(C)O)nc5)ccc4c(=O)n3C)c2)C1=O. The van der Waals surface area contributed by atoms with E-state index in [1.54, 1.807) is 48.9 Å². The highest BCUT2D eigenvalue weighted by Crippen LogP contribution is 2.27. The van der Waals surface area contributed by atoms with Crippen LogP contribution in [0.3, 0.4) is 0 Å². The molecule has 0 bridgehead atoms. The highest BCUT2D eigenvalue weighted by Gasteiger charge is 2.26. The molecule has 0 aliphatic carbocycles. The number of carbonyl (C=O) groups excluding carboxylic acids is 1.